The third-order valence-corrected chi connectivity index (χ3v) is 2.02. The van der Waals surface area contributed by atoms with E-state index in [1.807, 2.05) is 24.3 Å². The van der Waals surface area contributed by atoms with E-state index in [2.05, 4.69) is 13.8 Å². The SMILES string of the molecule is CC(C)Cc1ccc(CC(=O)O)cc1.[NaH]. The summed E-state index contributed by atoms with van der Waals surface area (Å²) in [5, 5.41) is 8.58. The predicted molar refractivity (Wildman–Crippen MR) is 63.5 cm³/mol. The van der Waals surface area contributed by atoms with E-state index in [-0.39, 0.29) is 36.0 Å². The zero-order chi connectivity index (χ0) is 10.6. The summed E-state index contributed by atoms with van der Waals surface area (Å²) in [6.45, 7) is 4.34. The van der Waals surface area contributed by atoms with Crippen molar-refractivity contribution in [2.24, 2.45) is 5.92 Å². The van der Waals surface area contributed by atoms with Crippen LogP contribution in [0.1, 0.15) is 25.0 Å². The molecule has 0 aromatic heterocycles. The summed E-state index contributed by atoms with van der Waals surface area (Å²) in [5.74, 6) is -0.137. The number of aliphatic carboxylic acids is 1. The van der Waals surface area contributed by atoms with E-state index in [1.54, 1.807) is 0 Å². The van der Waals surface area contributed by atoms with Crippen LogP contribution in [-0.4, -0.2) is 40.6 Å². The molecule has 2 nitrogen and oxygen atoms in total. The van der Waals surface area contributed by atoms with Gasteiger partial charge in [-0.15, -0.1) is 0 Å². The average molecular weight is 216 g/mol. The molecule has 0 saturated carbocycles. The van der Waals surface area contributed by atoms with Crippen molar-refractivity contribution >= 4 is 35.5 Å². The van der Waals surface area contributed by atoms with Crippen molar-refractivity contribution in [1.29, 1.82) is 0 Å². The molecule has 3 heteroatoms. The molecule has 0 radical (unpaired) electrons. The first-order valence-electron chi connectivity index (χ1n) is 4.87. The van der Waals surface area contributed by atoms with Gasteiger partial charge < -0.3 is 5.11 Å². The summed E-state index contributed by atoms with van der Waals surface area (Å²) in [7, 11) is 0. The van der Waals surface area contributed by atoms with Crippen molar-refractivity contribution in [2.75, 3.05) is 0 Å². The number of rotatable bonds is 4. The first-order valence-corrected chi connectivity index (χ1v) is 4.87. The Morgan fingerprint density at radius 3 is 2.07 bits per heavy atom. The molecule has 78 valence electrons. The van der Waals surface area contributed by atoms with Crippen molar-refractivity contribution in [2.45, 2.75) is 26.7 Å². The molecule has 1 aromatic rings. The summed E-state index contributed by atoms with van der Waals surface area (Å²) in [4.78, 5) is 10.4. The molecule has 0 heterocycles. The monoisotopic (exact) mass is 216 g/mol. The number of hydrogen-bond acceptors (Lipinski definition) is 1. The molecule has 0 atom stereocenters. The van der Waals surface area contributed by atoms with Gasteiger partial charge in [-0.05, 0) is 23.5 Å². The van der Waals surface area contributed by atoms with Gasteiger partial charge in [0.05, 0.1) is 6.42 Å². The van der Waals surface area contributed by atoms with Gasteiger partial charge in [0.2, 0.25) is 0 Å². The van der Waals surface area contributed by atoms with Crippen molar-refractivity contribution in [3.8, 4) is 0 Å². The minimum absolute atomic E-state index is 0. The van der Waals surface area contributed by atoms with Crippen LogP contribution in [0, 0.1) is 5.92 Å². The van der Waals surface area contributed by atoms with Crippen LogP contribution in [0.5, 0.6) is 0 Å². The van der Waals surface area contributed by atoms with Crippen LogP contribution < -0.4 is 0 Å². The van der Waals surface area contributed by atoms with Gasteiger partial charge in [-0.3, -0.25) is 4.79 Å². The average Bonchev–Trinajstić information content (AvgIpc) is 2.06. The van der Waals surface area contributed by atoms with Gasteiger partial charge in [0.15, 0.2) is 0 Å². The van der Waals surface area contributed by atoms with Gasteiger partial charge in [-0.1, -0.05) is 38.1 Å². The Bertz CT molecular complexity index is 304. The van der Waals surface area contributed by atoms with E-state index < -0.39 is 5.97 Å². The molecule has 15 heavy (non-hydrogen) atoms. The number of carbonyl (C=O) groups is 1. The van der Waals surface area contributed by atoms with Gasteiger partial charge >= 0.3 is 35.5 Å². The molecule has 0 aliphatic rings. The van der Waals surface area contributed by atoms with Crippen molar-refractivity contribution in [1.82, 2.24) is 0 Å². The number of hydrogen-bond donors (Lipinski definition) is 1. The molecule has 1 aromatic carbocycles. The van der Waals surface area contributed by atoms with Crippen LogP contribution in [0.15, 0.2) is 24.3 Å². The molecule has 0 fully saturated rings. The molecule has 0 bridgehead atoms. The van der Waals surface area contributed by atoms with E-state index in [0.29, 0.717) is 5.92 Å². The maximum absolute atomic E-state index is 10.4. The van der Waals surface area contributed by atoms with Crippen molar-refractivity contribution in [3.63, 3.8) is 0 Å². The summed E-state index contributed by atoms with van der Waals surface area (Å²) >= 11 is 0. The molecular formula is C12H17NaO2. The topological polar surface area (TPSA) is 37.3 Å². The van der Waals surface area contributed by atoms with E-state index in [1.165, 1.54) is 5.56 Å². The van der Waals surface area contributed by atoms with E-state index >= 15 is 0 Å². The van der Waals surface area contributed by atoms with Gasteiger partial charge in [0.25, 0.3) is 0 Å². The zero-order valence-electron chi connectivity index (χ0n) is 8.66. The Balaban J connectivity index is 0.00000196. The van der Waals surface area contributed by atoms with E-state index in [9.17, 15) is 4.79 Å². The molecular weight excluding hydrogens is 199 g/mol. The molecule has 0 saturated heterocycles. The van der Waals surface area contributed by atoms with Crippen LogP contribution in [0.3, 0.4) is 0 Å². The van der Waals surface area contributed by atoms with Crippen LogP contribution in [0.4, 0.5) is 0 Å². The van der Waals surface area contributed by atoms with Crippen LogP contribution in [-0.2, 0) is 17.6 Å². The molecule has 1 rings (SSSR count). The van der Waals surface area contributed by atoms with Gasteiger partial charge in [-0.25, -0.2) is 0 Å². The minimum atomic E-state index is -0.776. The second-order valence-corrected chi connectivity index (χ2v) is 3.98. The molecule has 1 N–H and O–H groups in total. The standard InChI is InChI=1S/C12H16O2.Na.H/c1-9(2)7-10-3-5-11(6-4-10)8-12(13)14;;/h3-6,9H,7-8H2,1-2H3,(H,13,14);;. The Morgan fingerprint density at radius 2 is 1.67 bits per heavy atom. The molecule has 0 aliphatic carbocycles. The predicted octanol–water partition coefficient (Wildman–Crippen LogP) is 1.86. The maximum atomic E-state index is 10.4. The van der Waals surface area contributed by atoms with Crippen LogP contribution in [0.25, 0.3) is 0 Å². The van der Waals surface area contributed by atoms with E-state index in [4.69, 9.17) is 5.11 Å². The Labute approximate surface area is 113 Å². The Morgan fingerprint density at radius 1 is 1.20 bits per heavy atom. The van der Waals surface area contributed by atoms with Crippen molar-refractivity contribution in [3.05, 3.63) is 35.4 Å². The number of carboxylic acid groups (broad SMARTS) is 1. The summed E-state index contributed by atoms with van der Waals surface area (Å²) in [6, 6.07) is 7.81. The molecule has 0 amide bonds. The van der Waals surface area contributed by atoms with Gasteiger partial charge in [0, 0.05) is 0 Å². The Hall–Kier alpha value is -0.310. The fraction of sp³-hybridized carbons (Fsp3) is 0.417. The fourth-order valence-corrected chi connectivity index (χ4v) is 1.44. The van der Waals surface area contributed by atoms with E-state index in [0.717, 1.165) is 12.0 Å². The fourth-order valence-electron chi connectivity index (χ4n) is 1.44. The van der Waals surface area contributed by atoms with Gasteiger partial charge in [0.1, 0.15) is 0 Å². The summed E-state index contributed by atoms with van der Waals surface area (Å²) in [5.41, 5.74) is 2.14. The third kappa shape index (κ3) is 5.98. The van der Waals surface area contributed by atoms with Crippen LogP contribution >= 0.6 is 0 Å². The summed E-state index contributed by atoms with van der Waals surface area (Å²) in [6.07, 6.45) is 1.16. The second-order valence-electron chi connectivity index (χ2n) is 3.98. The van der Waals surface area contributed by atoms with Crippen LogP contribution in [0.2, 0.25) is 0 Å². The number of carboxylic acids is 1. The third-order valence-electron chi connectivity index (χ3n) is 2.02. The summed E-state index contributed by atoms with van der Waals surface area (Å²) < 4.78 is 0. The first kappa shape index (κ1) is 14.7. The second kappa shape index (κ2) is 7.04. The zero-order valence-corrected chi connectivity index (χ0v) is 8.66. The Kier molecular flexibility index (Phi) is 6.90. The quantitative estimate of drug-likeness (QED) is 0.780. The molecule has 0 aliphatic heterocycles. The molecule has 0 spiro atoms. The van der Waals surface area contributed by atoms with Gasteiger partial charge in [-0.2, -0.15) is 0 Å². The van der Waals surface area contributed by atoms with Crippen molar-refractivity contribution < 1.29 is 9.90 Å². The normalized spacial score (nSPS) is 9.80. The number of benzene rings is 1. The molecule has 0 unspecified atom stereocenters. The first-order chi connectivity index (χ1) is 6.58.